The van der Waals surface area contributed by atoms with Gasteiger partial charge in [-0.1, -0.05) is 0 Å². The number of nitrogens with two attached hydrogens (primary N) is 1. The van der Waals surface area contributed by atoms with Crippen molar-refractivity contribution < 1.29 is 0 Å². The van der Waals surface area contributed by atoms with E-state index in [0.717, 1.165) is 19.5 Å². The Bertz CT molecular complexity index is 354. The van der Waals surface area contributed by atoms with Crippen molar-refractivity contribution in [1.29, 1.82) is 0 Å². The van der Waals surface area contributed by atoms with E-state index < -0.39 is 0 Å². The van der Waals surface area contributed by atoms with Gasteiger partial charge in [0.1, 0.15) is 0 Å². The van der Waals surface area contributed by atoms with Gasteiger partial charge in [0.25, 0.3) is 0 Å². The van der Waals surface area contributed by atoms with Crippen LogP contribution in [0.3, 0.4) is 0 Å². The lowest BCUT2D eigenvalue weighted by Crippen LogP contribution is -2.16. The molecule has 1 aromatic heterocycles. The highest BCUT2D eigenvalue weighted by Crippen LogP contribution is 2.26. The largest absolute Gasteiger partial charge is 0.330 e. The van der Waals surface area contributed by atoms with Gasteiger partial charge < -0.3 is 5.73 Å². The number of hydrogen-bond donors (Lipinski definition) is 1. The molecule has 15 heavy (non-hydrogen) atoms. The van der Waals surface area contributed by atoms with Crippen molar-refractivity contribution in [3.8, 4) is 0 Å². The van der Waals surface area contributed by atoms with E-state index in [2.05, 4.69) is 35.6 Å². The normalized spacial score (nSPS) is 16.3. The molecule has 0 aromatic carbocycles. The van der Waals surface area contributed by atoms with Crippen LogP contribution in [0.4, 0.5) is 0 Å². The Balaban J connectivity index is 2.39. The van der Waals surface area contributed by atoms with Crippen molar-refractivity contribution in [2.24, 2.45) is 5.73 Å². The zero-order valence-electron chi connectivity index (χ0n) is 9.82. The highest BCUT2D eigenvalue weighted by Gasteiger charge is 2.25. The van der Waals surface area contributed by atoms with E-state index in [4.69, 9.17) is 5.73 Å². The second-order valence-electron chi connectivity index (χ2n) is 4.62. The van der Waals surface area contributed by atoms with Crippen molar-refractivity contribution in [3.05, 3.63) is 17.0 Å². The minimum absolute atomic E-state index is 0.433. The SMILES string of the molecule is CC(C)n1nc2c(c1CCN)CN(C)C2. The Hall–Kier alpha value is -0.870. The van der Waals surface area contributed by atoms with Crippen molar-refractivity contribution in [2.75, 3.05) is 13.6 Å². The molecule has 84 valence electrons. The fraction of sp³-hybridized carbons (Fsp3) is 0.727. The lowest BCUT2D eigenvalue weighted by atomic mass is 10.1. The van der Waals surface area contributed by atoms with Gasteiger partial charge in [-0.05, 0) is 27.4 Å². The van der Waals surface area contributed by atoms with Gasteiger partial charge in [0.2, 0.25) is 0 Å². The quantitative estimate of drug-likeness (QED) is 0.803. The molecule has 2 heterocycles. The fourth-order valence-corrected chi connectivity index (χ4v) is 2.28. The van der Waals surface area contributed by atoms with Gasteiger partial charge >= 0.3 is 0 Å². The Morgan fingerprint density at radius 2 is 2.13 bits per heavy atom. The second-order valence-corrected chi connectivity index (χ2v) is 4.62. The lowest BCUT2D eigenvalue weighted by molar-refractivity contribution is 0.340. The third-order valence-corrected chi connectivity index (χ3v) is 2.92. The van der Waals surface area contributed by atoms with Crippen LogP contribution in [-0.2, 0) is 19.5 Å². The molecule has 1 aromatic rings. The average Bonchev–Trinajstić information content (AvgIpc) is 2.64. The Morgan fingerprint density at radius 3 is 2.73 bits per heavy atom. The molecule has 4 heteroatoms. The number of hydrogen-bond acceptors (Lipinski definition) is 3. The van der Waals surface area contributed by atoms with E-state index in [-0.39, 0.29) is 0 Å². The maximum absolute atomic E-state index is 5.66. The molecule has 0 unspecified atom stereocenters. The first-order valence-corrected chi connectivity index (χ1v) is 5.61. The summed E-state index contributed by atoms with van der Waals surface area (Å²) in [5.41, 5.74) is 9.66. The smallest absolute Gasteiger partial charge is 0.0812 e. The van der Waals surface area contributed by atoms with Crippen LogP contribution >= 0.6 is 0 Å². The van der Waals surface area contributed by atoms with E-state index >= 15 is 0 Å². The van der Waals surface area contributed by atoms with Crippen LogP contribution in [-0.4, -0.2) is 28.3 Å². The molecule has 0 aliphatic carbocycles. The van der Waals surface area contributed by atoms with Crippen molar-refractivity contribution >= 4 is 0 Å². The highest BCUT2D eigenvalue weighted by molar-refractivity contribution is 5.30. The number of aromatic nitrogens is 2. The summed E-state index contributed by atoms with van der Waals surface area (Å²) in [7, 11) is 2.13. The summed E-state index contributed by atoms with van der Waals surface area (Å²) in [6, 6.07) is 0.433. The van der Waals surface area contributed by atoms with E-state index in [1.165, 1.54) is 17.0 Å². The maximum atomic E-state index is 5.66. The van der Waals surface area contributed by atoms with Crippen LogP contribution < -0.4 is 5.73 Å². The van der Waals surface area contributed by atoms with Gasteiger partial charge in [0.15, 0.2) is 0 Å². The molecule has 0 saturated carbocycles. The highest BCUT2D eigenvalue weighted by atomic mass is 15.3. The lowest BCUT2D eigenvalue weighted by Gasteiger charge is -2.14. The Kier molecular flexibility index (Phi) is 2.80. The first kappa shape index (κ1) is 10.6. The number of nitrogens with zero attached hydrogens (tertiary/aromatic N) is 3. The summed E-state index contributed by atoms with van der Waals surface area (Å²) in [6.07, 6.45) is 0.939. The van der Waals surface area contributed by atoms with E-state index in [1.54, 1.807) is 0 Å². The third-order valence-electron chi connectivity index (χ3n) is 2.92. The summed E-state index contributed by atoms with van der Waals surface area (Å²) in [6.45, 7) is 7.05. The molecule has 1 aliphatic rings. The predicted octanol–water partition coefficient (Wildman–Crippen LogP) is 0.911. The molecule has 0 spiro atoms. The van der Waals surface area contributed by atoms with Crippen LogP contribution in [0.1, 0.15) is 36.8 Å². The summed E-state index contributed by atoms with van der Waals surface area (Å²) >= 11 is 0. The predicted molar refractivity (Wildman–Crippen MR) is 60.5 cm³/mol. The van der Waals surface area contributed by atoms with Crippen LogP contribution in [0.5, 0.6) is 0 Å². The van der Waals surface area contributed by atoms with Crippen molar-refractivity contribution in [2.45, 2.75) is 39.4 Å². The minimum atomic E-state index is 0.433. The average molecular weight is 208 g/mol. The summed E-state index contributed by atoms with van der Waals surface area (Å²) in [5.74, 6) is 0. The molecule has 0 fully saturated rings. The Labute approximate surface area is 91.1 Å². The molecule has 0 bridgehead atoms. The topological polar surface area (TPSA) is 47.1 Å². The van der Waals surface area contributed by atoms with Gasteiger partial charge in [0.05, 0.1) is 5.69 Å². The molecule has 0 amide bonds. The monoisotopic (exact) mass is 208 g/mol. The molecule has 0 atom stereocenters. The summed E-state index contributed by atoms with van der Waals surface area (Å²) < 4.78 is 2.14. The van der Waals surface area contributed by atoms with Crippen molar-refractivity contribution in [3.63, 3.8) is 0 Å². The second kappa shape index (κ2) is 3.94. The van der Waals surface area contributed by atoms with Crippen molar-refractivity contribution in [1.82, 2.24) is 14.7 Å². The van der Waals surface area contributed by atoms with Crippen LogP contribution in [0.2, 0.25) is 0 Å². The van der Waals surface area contributed by atoms with E-state index in [9.17, 15) is 0 Å². The zero-order chi connectivity index (χ0) is 11.0. The van der Waals surface area contributed by atoms with Crippen LogP contribution in [0, 0.1) is 0 Å². The van der Waals surface area contributed by atoms with Gasteiger partial charge in [-0.3, -0.25) is 9.58 Å². The van der Waals surface area contributed by atoms with Crippen LogP contribution in [0.25, 0.3) is 0 Å². The van der Waals surface area contributed by atoms with E-state index in [1.807, 2.05) is 0 Å². The molecular formula is C11H20N4. The van der Waals surface area contributed by atoms with Crippen LogP contribution in [0.15, 0.2) is 0 Å². The van der Waals surface area contributed by atoms with Gasteiger partial charge in [-0.15, -0.1) is 0 Å². The molecule has 2 rings (SSSR count). The zero-order valence-corrected chi connectivity index (χ0v) is 9.82. The minimum Gasteiger partial charge on any atom is -0.330 e. The fourth-order valence-electron chi connectivity index (χ4n) is 2.28. The molecule has 2 N–H and O–H groups in total. The van der Waals surface area contributed by atoms with Gasteiger partial charge in [-0.2, -0.15) is 5.10 Å². The molecule has 4 nitrogen and oxygen atoms in total. The molecular weight excluding hydrogens is 188 g/mol. The summed E-state index contributed by atoms with van der Waals surface area (Å²) in [4.78, 5) is 2.29. The molecule has 1 aliphatic heterocycles. The first-order chi connectivity index (χ1) is 7.13. The van der Waals surface area contributed by atoms with Gasteiger partial charge in [0, 0.05) is 36.8 Å². The van der Waals surface area contributed by atoms with E-state index in [0.29, 0.717) is 12.6 Å². The number of rotatable bonds is 3. The summed E-state index contributed by atoms with van der Waals surface area (Å²) in [5, 5.41) is 4.68. The molecule has 0 radical (unpaired) electrons. The maximum Gasteiger partial charge on any atom is 0.0812 e. The third kappa shape index (κ3) is 1.79. The van der Waals surface area contributed by atoms with Gasteiger partial charge in [-0.25, -0.2) is 0 Å². The standard InChI is InChI=1S/C11H20N4/c1-8(2)15-11(4-5-12)9-6-14(3)7-10(9)13-15/h8H,4-7,12H2,1-3H3. The Morgan fingerprint density at radius 1 is 1.40 bits per heavy atom. The first-order valence-electron chi connectivity index (χ1n) is 5.61. The number of fused-ring (bicyclic) bond motifs is 1. The molecule has 0 saturated heterocycles.